The molecule has 0 aliphatic heterocycles. The number of rotatable bonds is 5. The van der Waals surface area contributed by atoms with Crippen molar-refractivity contribution in [1.82, 2.24) is 14.5 Å². The van der Waals surface area contributed by atoms with Gasteiger partial charge >= 0.3 is 5.69 Å². The first-order chi connectivity index (χ1) is 12.0. The first-order valence-corrected chi connectivity index (χ1v) is 8.17. The molecule has 6 heteroatoms. The maximum absolute atomic E-state index is 13.3. The largest absolute Gasteiger partial charge is 0.334 e. The van der Waals surface area contributed by atoms with Crippen molar-refractivity contribution in [3.63, 3.8) is 0 Å². The first kappa shape index (κ1) is 17.0. The quantitative estimate of drug-likeness (QED) is 0.776. The van der Waals surface area contributed by atoms with Crippen molar-refractivity contribution in [3.8, 4) is 0 Å². The zero-order valence-electron chi connectivity index (χ0n) is 14.2. The number of H-pyrrole nitrogens is 1. The third kappa shape index (κ3) is 3.63. The molecule has 0 radical (unpaired) electrons. The lowest BCUT2D eigenvalue weighted by molar-refractivity contribution is -0.134. The molecule has 25 heavy (non-hydrogen) atoms. The van der Waals surface area contributed by atoms with E-state index < -0.39 is 11.5 Å². The molecule has 3 rings (SSSR count). The summed E-state index contributed by atoms with van der Waals surface area (Å²) in [6.07, 6.45) is 0. The Kier molecular flexibility index (Phi) is 4.70. The van der Waals surface area contributed by atoms with Gasteiger partial charge in [0.25, 0.3) is 0 Å². The summed E-state index contributed by atoms with van der Waals surface area (Å²) in [5.74, 6) is -0.591. The Morgan fingerprint density at radius 2 is 1.92 bits per heavy atom. The average Bonchev–Trinajstić information content (AvgIpc) is 2.88. The van der Waals surface area contributed by atoms with Gasteiger partial charge in [0, 0.05) is 12.6 Å². The summed E-state index contributed by atoms with van der Waals surface area (Å²) < 4.78 is 14.7. The first-order valence-electron chi connectivity index (χ1n) is 8.17. The zero-order chi connectivity index (χ0) is 18.0. The van der Waals surface area contributed by atoms with E-state index in [0.29, 0.717) is 17.6 Å². The molecular formula is C19H20FN3O2. The Hall–Kier alpha value is -2.89. The van der Waals surface area contributed by atoms with Gasteiger partial charge in [-0.3, -0.25) is 9.36 Å². The number of nitrogens with zero attached hydrogens (tertiary/aromatic N) is 2. The maximum Gasteiger partial charge on any atom is 0.326 e. The molecule has 1 aromatic heterocycles. The second kappa shape index (κ2) is 6.93. The van der Waals surface area contributed by atoms with Gasteiger partial charge in [0.1, 0.15) is 12.4 Å². The molecule has 0 saturated heterocycles. The summed E-state index contributed by atoms with van der Waals surface area (Å²) in [4.78, 5) is 29.3. The van der Waals surface area contributed by atoms with Gasteiger partial charge in [-0.15, -0.1) is 0 Å². The van der Waals surface area contributed by atoms with E-state index in [1.54, 1.807) is 4.90 Å². The fourth-order valence-electron chi connectivity index (χ4n) is 2.86. The Labute approximate surface area is 144 Å². The highest BCUT2D eigenvalue weighted by Crippen LogP contribution is 2.14. The number of nitrogens with one attached hydrogen (secondary N) is 1. The predicted molar refractivity (Wildman–Crippen MR) is 94.6 cm³/mol. The number of fused-ring (bicyclic) bond motifs is 1. The van der Waals surface area contributed by atoms with Crippen LogP contribution in [0.15, 0.2) is 53.3 Å². The van der Waals surface area contributed by atoms with Crippen LogP contribution in [0.1, 0.15) is 19.4 Å². The minimum absolute atomic E-state index is 0.00828. The van der Waals surface area contributed by atoms with Gasteiger partial charge < -0.3 is 9.88 Å². The highest BCUT2D eigenvalue weighted by molar-refractivity contribution is 5.80. The van der Waals surface area contributed by atoms with Crippen LogP contribution in [-0.4, -0.2) is 26.4 Å². The summed E-state index contributed by atoms with van der Waals surface area (Å²) in [7, 11) is 0. The molecule has 0 unspecified atom stereocenters. The molecule has 1 heterocycles. The van der Waals surface area contributed by atoms with Gasteiger partial charge in [0.05, 0.1) is 11.0 Å². The van der Waals surface area contributed by atoms with Crippen LogP contribution in [0.25, 0.3) is 11.0 Å². The molecule has 0 fully saturated rings. The number of carbonyl (C=O) groups excluding carboxylic acids is 1. The van der Waals surface area contributed by atoms with E-state index in [4.69, 9.17) is 0 Å². The van der Waals surface area contributed by atoms with Gasteiger partial charge in [-0.05, 0) is 37.6 Å². The van der Waals surface area contributed by atoms with Crippen LogP contribution in [0.5, 0.6) is 0 Å². The van der Waals surface area contributed by atoms with Crippen molar-refractivity contribution in [2.75, 3.05) is 0 Å². The van der Waals surface area contributed by atoms with Gasteiger partial charge in [-0.25, -0.2) is 9.18 Å². The smallest absolute Gasteiger partial charge is 0.326 e. The van der Waals surface area contributed by atoms with Gasteiger partial charge in [-0.1, -0.05) is 30.3 Å². The molecular weight excluding hydrogens is 321 g/mol. The third-order valence-electron chi connectivity index (χ3n) is 4.17. The average molecular weight is 341 g/mol. The highest BCUT2D eigenvalue weighted by atomic mass is 19.1. The second-order valence-corrected chi connectivity index (χ2v) is 6.28. The number of hydrogen-bond donors (Lipinski definition) is 1. The molecule has 1 N–H and O–H groups in total. The summed E-state index contributed by atoms with van der Waals surface area (Å²) >= 11 is 0. The van der Waals surface area contributed by atoms with Gasteiger partial charge in [-0.2, -0.15) is 0 Å². The zero-order valence-corrected chi connectivity index (χ0v) is 14.2. The van der Waals surface area contributed by atoms with Crippen molar-refractivity contribution in [1.29, 1.82) is 0 Å². The standard InChI is InChI=1S/C19H20FN3O2/c1-13(2)22(11-14-6-4-3-5-7-14)18(24)12-23-17-9-8-15(20)10-16(17)21-19(23)25/h3-10,13H,11-12H2,1-2H3,(H,21,25). The van der Waals surface area contributed by atoms with E-state index in [-0.39, 0.29) is 18.5 Å². The molecule has 1 amide bonds. The van der Waals surface area contributed by atoms with Gasteiger partial charge in [0.15, 0.2) is 0 Å². The van der Waals surface area contributed by atoms with Crippen LogP contribution in [0, 0.1) is 5.82 Å². The van der Waals surface area contributed by atoms with Crippen molar-refractivity contribution in [2.45, 2.75) is 33.0 Å². The number of aromatic nitrogens is 2. The highest BCUT2D eigenvalue weighted by Gasteiger charge is 2.20. The monoisotopic (exact) mass is 341 g/mol. The van der Waals surface area contributed by atoms with Crippen LogP contribution in [0.3, 0.4) is 0 Å². The van der Waals surface area contributed by atoms with E-state index in [9.17, 15) is 14.0 Å². The fraction of sp³-hybridized carbons (Fsp3) is 0.263. The fourth-order valence-corrected chi connectivity index (χ4v) is 2.86. The number of hydrogen-bond acceptors (Lipinski definition) is 2. The molecule has 2 aromatic carbocycles. The lowest BCUT2D eigenvalue weighted by atomic mass is 10.2. The number of amides is 1. The summed E-state index contributed by atoms with van der Waals surface area (Å²) in [5.41, 5.74) is 1.51. The Morgan fingerprint density at radius 3 is 2.60 bits per heavy atom. The summed E-state index contributed by atoms with van der Waals surface area (Å²) in [6.45, 7) is 4.26. The minimum Gasteiger partial charge on any atom is -0.334 e. The summed E-state index contributed by atoms with van der Waals surface area (Å²) in [5, 5.41) is 0. The van der Waals surface area contributed by atoms with E-state index >= 15 is 0 Å². The van der Waals surface area contributed by atoms with E-state index in [1.165, 1.54) is 22.8 Å². The van der Waals surface area contributed by atoms with Crippen molar-refractivity contribution in [2.24, 2.45) is 0 Å². The van der Waals surface area contributed by atoms with Crippen molar-refractivity contribution in [3.05, 3.63) is 70.4 Å². The molecule has 0 aliphatic rings. The normalized spacial score (nSPS) is 11.2. The Morgan fingerprint density at radius 1 is 1.20 bits per heavy atom. The molecule has 130 valence electrons. The molecule has 0 bridgehead atoms. The number of carbonyl (C=O) groups is 1. The van der Waals surface area contributed by atoms with Crippen LogP contribution >= 0.6 is 0 Å². The topological polar surface area (TPSA) is 58.1 Å². The number of aromatic amines is 1. The number of halogens is 1. The van der Waals surface area contributed by atoms with Crippen LogP contribution in [0.2, 0.25) is 0 Å². The predicted octanol–water partition coefficient (Wildman–Crippen LogP) is 2.91. The molecule has 0 spiro atoms. The van der Waals surface area contributed by atoms with Crippen LogP contribution < -0.4 is 5.69 Å². The lowest BCUT2D eigenvalue weighted by Gasteiger charge is -2.27. The SMILES string of the molecule is CC(C)N(Cc1ccccc1)C(=O)Cn1c(=O)[nH]c2cc(F)ccc21. The van der Waals surface area contributed by atoms with E-state index in [0.717, 1.165) is 5.56 Å². The summed E-state index contributed by atoms with van der Waals surface area (Å²) in [6, 6.07) is 13.7. The maximum atomic E-state index is 13.3. The van der Waals surface area contributed by atoms with Crippen molar-refractivity contribution >= 4 is 16.9 Å². The lowest BCUT2D eigenvalue weighted by Crippen LogP contribution is -2.40. The molecule has 3 aromatic rings. The molecule has 0 aliphatic carbocycles. The molecule has 5 nitrogen and oxygen atoms in total. The van der Waals surface area contributed by atoms with Crippen molar-refractivity contribution < 1.29 is 9.18 Å². The second-order valence-electron chi connectivity index (χ2n) is 6.28. The Balaban J connectivity index is 1.87. The van der Waals surface area contributed by atoms with E-state index in [2.05, 4.69) is 4.98 Å². The van der Waals surface area contributed by atoms with Crippen LogP contribution in [-0.2, 0) is 17.9 Å². The Bertz CT molecular complexity index is 944. The van der Waals surface area contributed by atoms with Crippen LogP contribution in [0.4, 0.5) is 4.39 Å². The molecule has 0 atom stereocenters. The van der Waals surface area contributed by atoms with E-state index in [1.807, 2.05) is 44.2 Å². The minimum atomic E-state index is -0.430. The third-order valence-corrected chi connectivity index (χ3v) is 4.17. The number of benzene rings is 2. The number of imidazole rings is 1. The molecule has 0 saturated carbocycles. The van der Waals surface area contributed by atoms with Gasteiger partial charge in [0.2, 0.25) is 5.91 Å².